The fourth-order valence-electron chi connectivity index (χ4n) is 1.10. The SMILES string of the molecule is Cc1c#cc2cnc(C)nc2c1. The minimum atomic E-state index is 0.793. The average Bonchev–Trinajstić information content (AvgIpc) is 2.03. The second-order valence-corrected chi connectivity index (χ2v) is 2.79. The van der Waals surface area contributed by atoms with Gasteiger partial charge in [-0.1, -0.05) is 12.1 Å². The van der Waals surface area contributed by atoms with Crippen molar-refractivity contribution in [1.29, 1.82) is 0 Å². The van der Waals surface area contributed by atoms with Gasteiger partial charge in [-0.2, -0.15) is 0 Å². The average molecular weight is 156 g/mol. The third kappa shape index (κ3) is 1.10. The van der Waals surface area contributed by atoms with Crippen LogP contribution in [0.2, 0.25) is 0 Å². The molecular formula is C10H8N2. The summed E-state index contributed by atoms with van der Waals surface area (Å²) in [6.07, 6.45) is 1.77. The van der Waals surface area contributed by atoms with E-state index in [4.69, 9.17) is 0 Å². The maximum absolute atomic E-state index is 4.27. The van der Waals surface area contributed by atoms with Gasteiger partial charge in [0.2, 0.25) is 0 Å². The molecule has 0 aliphatic heterocycles. The summed E-state index contributed by atoms with van der Waals surface area (Å²) >= 11 is 0. The summed E-state index contributed by atoms with van der Waals surface area (Å²) < 4.78 is 0. The predicted molar refractivity (Wildman–Crippen MR) is 46.7 cm³/mol. The highest BCUT2D eigenvalue weighted by Crippen LogP contribution is 2.07. The third-order valence-electron chi connectivity index (χ3n) is 1.69. The molecule has 0 aliphatic carbocycles. The molecule has 0 atom stereocenters. The van der Waals surface area contributed by atoms with Gasteiger partial charge in [-0.3, -0.25) is 0 Å². The Kier molecular flexibility index (Phi) is 1.44. The quantitative estimate of drug-likeness (QED) is 0.581. The molecule has 0 amide bonds. The van der Waals surface area contributed by atoms with Crippen molar-refractivity contribution < 1.29 is 0 Å². The van der Waals surface area contributed by atoms with Crippen LogP contribution < -0.4 is 0 Å². The van der Waals surface area contributed by atoms with Crippen molar-refractivity contribution in [3.8, 4) is 0 Å². The molecule has 0 fully saturated rings. The van der Waals surface area contributed by atoms with Crippen LogP contribution in [-0.2, 0) is 0 Å². The molecule has 0 spiro atoms. The first-order valence-corrected chi connectivity index (χ1v) is 3.80. The number of aryl methyl sites for hydroxylation is 2. The van der Waals surface area contributed by atoms with Gasteiger partial charge in [0.25, 0.3) is 0 Å². The first kappa shape index (κ1) is 7.05. The van der Waals surface area contributed by atoms with Crippen molar-refractivity contribution in [2.45, 2.75) is 13.8 Å². The lowest BCUT2D eigenvalue weighted by Crippen LogP contribution is -1.86. The van der Waals surface area contributed by atoms with E-state index in [1.54, 1.807) is 6.20 Å². The maximum atomic E-state index is 4.27. The molecule has 0 aliphatic rings. The highest BCUT2D eigenvalue weighted by molar-refractivity contribution is 5.75. The monoisotopic (exact) mass is 156 g/mol. The summed E-state index contributed by atoms with van der Waals surface area (Å²) in [6.45, 7) is 3.86. The van der Waals surface area contributed by atoms with Crippen molar-refractivity contribution in [2.75, 3.05) is 0 Å². The Hall–Kier alpha value is -1.62. The fourth-order valence-corrected chi connectivity index (χ4v) is 1.10. The smallest absolute Gasteiger partial charge is 0.125 e. The number of nitrogens with zero attached hydrogens (tertiary/aromatic N) is 2. The van der Waals surface area contributed by atoms with Crippen LogP contribution in [0.25, 0.3) is 10.9 Å². The van der Waals surface area contributed by atoms with Crippen molar-refractivity contribution in [1.82, 2.24) is 9.97 Å². The number of fused-ring (bicyclic) bond motifs is 1. The molecule has 1 aromatic heterocycles. The molecule has 0 unspecified atom stereocenters. The van der Waals surface area contributed by atoms with Gasteiger partial charge in [0.1, 0.15) is 5.82 Å². The van der Waals surface area contributed by atoms with Crippen LogP contribution in [-0.4, -0.2) is 9.97 Å². The molecule has 0 radical (unpaired) electrons. The summed E-state index contributed by atoms with van der Waals surface area (Å²) in [6, 6.07) is 7.97. The van der Waals surface area contributed by atoms with E-state index in [1.165, 1.54) is 0 Å². The van der Waals surface area contributed by atoms with E-state index >= 15 is 0 Å². The molecule has 1 aromatic carbocycles. The lowest BCUT2D eigenvalue weighted by Gasteiger charge is -1.94. The Bertz CT molecular complexity index is 384. The van der Waals surface area contributed by atoms with Crippen molar-refractivity contribution >= 4 is 10.9 Å². The summed E-state index contributed by atoms with van der Waals surface area (Å²) in [4.78, 5) is 8.35. The van der Waals surface area contributed by atoms with E-state index in [0.29, 0.717) is 0 Å². The van der Waals surface area contributed by atoms with E-state index in [-0.39, 0.29) is 0 Å². The predicted octanol–water partition coefficient (Wildman–Crippen LogP) is 1.85. The van der Waals surface area contributed by atoms with Crippen LogP contribution in [0.1, 0.15) is 11.4 Å². The van der Waals surface area contributed by atoms with Crippen LogP contribution in [0, 0.1) is 26.0 Å². The second-order valence-electron chi connectivity index (χ2n) is 2.79. The molecule has 12 heavy (non-hydrogen) atoms. The second kappa shape index (κ2) is 2.46. The standard InChI is InChI=1S/C10H8N2/c1-7-3-4-9-6-11-8(2)12-10(9)5-7/h5-6H,1-2H3. The zero-order valence-electron chi connectivity index (χ0n) is 7.05. The van der Waals surface area contributed by atoms with Gasteiger partial charge in [0.15, 0.2) is 0 Å². The maximum Gasteiger partial charge on any atom is 0.125 e. The van der Waals surface area contributed by atoms with E-state index < -0.39 is 0 Å². The first-order chi connectivity index (χ1) is 5.75. The molecule has 1 heterocycles. The molecule has 0 saturated heterocycles. The van der Waals surface area contributed by atoms with Crippen LogP contribution in [0.3, 0.4) is 0 Å². The zero-order valence-corrected chi connectivity index (χ0v) is 7.05. The molecule has 0 saturated carbocycles. The molecule has 2 aromatic rings. The lowest BCUT2D eigenvalue weighted by atomic mass is 10.2. The van der Waals surface area contributed by atoms with Crippen molar-refractivity contribution in [3.63, 3.8) is 0 Å². The normalized spacial score (nSPS) is 9.83. The Balaban J connectivity index is 2.80. The molecule has 2 nitrogen and oxygen atoms in total. The van der Waals surface area contributed by atoms with Crippen molar-refractivity contribution in [3.05, 3.63) is 35.8 Å². The molecule has 2 heteroatoms. The molecule has 0 bridgehead atoms. The molecule has 0 N–H and O–H groups in total. The number of hydrogen-bond donors (Lipinski definition) is 0. The van der Waals surface area contributed by atoms with Crippen LogP contribution >= 0.6 is 0 Å². The number of aromatic nitrogens is 2. The molecule has 2 rings (SSSR count). The van der Waals surface area contributed by atoms with Crippen LogP contribution in [0.4, 0.5) is 0 Å². The Morgan fingerprint density at radius 1 is 1.25 bits per heavy atom. The topological polar surface area (TPSA) is 25.8 Å². The highest BCUT2D eigenvalue weighted by Gasteiger charge is 1.94. The zero-order chi connectivity index (χ0) is 8.55. The molecule has 58 valence electrons. The summed E-state index contributed by atoms with van der Waals surface area (Å²) in [5.74, 6) is 0.793. The fraction of sp³-hybridized carbons (Fsp3) is 0.200. The lowest BCUT2D eigenvalue weighted by molar-refractivity contribution is 1.09. The summed E-state index contributed by atoms with van der Waals surface area (Å²) in [5.41, 5.74) is 2.00. The van der Waals surface area contributed by atoms with Gasteiger partial charge in [-0.15, -0.1) is 0 Å². The minimum Gasteiger partial charge on any atom is -0.240 e. The van der Waals surface area contributed by atoms with Crippen molar-refractivity contribution in [2.24, 2.45) is 0 Å². The van der Waals surface area contributed by atoms with Gasteiger partial charge >= 0.3 is 0 Å². The highest BCUT2D eigenvalue weighted by atomic mass is 14.9. The first-order valence-electron chi connectivity index (χ1n) is 3.80. The summed E-state index contributed by atoms with van der Waals surface area (Å²) in [7, 11) is 0. The van der Waals surface area contributed by atoms with Gasteiger partial charge in [-0.05, 0) is 19.9 Å². The van der Waals surface area contributed by atoms with Crippen LogP contribution in [0.5, 0.6) is 0 Å². The largest absolute Gasteiger partial charge is 0.240 e. The summed E-state index contributed by atoms with van der Waals surface area (Å²) in [5, 5.41) is 0.922. The van der Waals surface area contributed by atoms with Gasteiger partial charge in [0, 0.05) is 11.8 Å². The Morgan fingerprint density at radius 3 is 2.92 bits per heavy atom. The Labute approximate surface area is 71.3 Å². The number of rotatable bonds is 0. The van der Waals surface area contributed by atoms with E-state index in [0.717, 1.165) is 22.3 Å². The van der Waals surface area contributed by atoms with E-state index in [2.05, 4.69) is 22.1 Å². The van der Waals surface area contributed by atoms with Gasteiger partial charge in [0.05, 0.1) is 10.9 Å². The van der Waals surface area contributed by atoms with E-state index in [9.17, 15) is 0 Å². The van der Waals surface area contributed by atoms with E-state index in [1.807, 2.05) is 19.9 Å². The Morgan fingerprint density at radius 2 is 2.08 bits per heavy atom. The molecular weight excluding hydrogens is 148 g/mol. The van der Waals surface area contributed by atoms with Gasteiger partial charge in [-0.25, -0.2) is 9.97 Å². The van der Waals surface area contributed by atoms with Gasteiger partial charge < -0.3 is 0 Å². The van der Waals surface area contributed by atoms with Crippen LogP contribution in [0.15, 0.2) is 12.3 Å². The number of hydrogen-bond acceptors (Lipinski definition) is 2. The minimum absolute atomic E-state index is 0.793. The third-order valence-corrected chi connectivity index (χ3v) is 1.69.